The monoisotopic (exact) mass is 358 g/mol. The van der Waals surface area contributed by atoms with E-state index in [9.17, 15) is 0 Å². The summed E-state index contributed by atoms with van der Waals surface area (Å²) in [6.07, 6.45) is 2.93. The van der Waals surface area contributed by atoms with Crippen LogP contribution in [-0.2, 0) is 6.42 Å². The van der Waals surface area contributed by atoms with E-state index in [4.69, 9.17) is 26.8 Å². The van der Waals surface area contributed by atoms with Crippen LogP contribution in [0.5, 0.6) is 11.5 Å². The quantitative estimate of drug-likeness (QED) is 0.597. The van der Waals surface area contributed by atoms with Crippen molar-refractivity contribution in [2.24, 2.45) is 5.73 Å². The van der Waals surface area contributed by atoms with Crippen molar-refractivity contribution < 1.29 is 9.47 Å². The first-order valence-electron chi connectivity index (χ1n) is 8.41. The molecular formula is C20H23ClN2O2. The van der Waals surface area contributed by atoms with Gasteiger partial charge in [-0.1, -0.05) is 23.7 Å². The molecule has 0 spiro atoms. The Kier molecular flexibility index (Phi) is 5.51. The Morgan fingerprint density at radius 3 is 2.64 bits per heavy atom. The maximum absolute atomic E-state index is 6.42. The number of methoxy groups -OCH3 is 2. The van der Waals surface area contributed by atoms with Gasteiger partial charge < -0.3 is 20.2 Å². The van der Waals surface area contributed by atoms with Crippen LogP contribution in [0.4, 0.5) is 0 Å². The highest BCUT2D eigenvalue weighted by molar-refractivity contribution is 6.35. The first-order valence-corrected chi connectivity index (χ1v) is 8.79. The first kappa shape index (κ1) is 17.6. The average Bonchev–Trinajstić information content (AvgIpc) is 3.01. The molecule has 1 aromatic heterocycles. The van der Waals surface area contributed by atoms with Crippen LogP contribution in [0.2, 0.25) is 5.02 Å². The summed E-state index contributed by atoms with van der Waals surface area (Å²) in [6, 6.07) is 11.8. The Morgan fingerprint density at radius 2 is 1.92 bits per heavy atom. The van der Waals surface area contributed by atoms with Crippen LogP contribution in [0.1, 0.15) is 18.4 Å². The van der Waals surface area contributed by atoms with Crippen molar-refractivity contribution >= 4 is 22.5 Å². The van der Waals surface area contributed by atoms with Gasteiger partial charge in [0.15, 0.2) is 0 Å². The summed E-state index contributed by atoms with van der Waals surface area (Å²) >= 11 is 6.42. The number of hydrogen-bond donors (Lipinski definition) is 2. The molecule has 132 valence electrons. The van der Waals surface area contributed by atoms with Crippen molar-refractivity contribution in [3.63, 3.8) is 0 Å². The van der Waals surface area contributed by atoms with Crippen LogP contribution in [0, 0.1) is 0 Å². The molecule has 0 aliphatic carbocycles. The molecule has 0 aliphatic rings. The molecule has 0 amide bonds. The third-order valence-corrected chi connectivity index (χ3v) is 4.76. The molecule has 0 atom stereocenters. The van der Waals surface area contributed by atoms with Crippen molar-refractivity contribution in [2.45, 2.75) is 19.3 Å². The van der Waals surface area contributed by atoms with E-state index in [1.54, 1.807) is 14.2 Å². The molecule has 3 aromatic rings. The lowest BCUT2D eigenvalue weighted by molar-refractivity contribution is 0.404. The number of fused-ring (bicyclic) bond motifs is 1. The number of nitrogens with one attached hydrogen (secondary N) is 1. The van der Waals surface area contributed by atoms with Crippen LogP contribution >= 0.6 is 11.6 Å². The summed E-state index contributed by atoms with van der Waals surface area (Å²) in [4.78, 5) is 3.50. The molecule has 4 nitrogen and oxygen atoms in total. The third-order valence-electron chi connectivity index (χ3n) is 4.45. The number of benzene rings is 2. The molecule has 0 unspecified atom stereocenters. The van der Waals surface area contributed by atoms with Gasteiger partial charge in [-0.2, -0.15) is 0 Å². The first-order chi connectivity index (χ1) is 12.2. The van der Waals surface area contributed by atoms with Gasteiger partial charge in [0.1, 0.15) is 11.5 Å². The van der Waals surface area contributed by atoms with E-state index in [-0.39, 0.29) is 0 Å². The second-order valence-corrected chi connectivity index (χ2v) is 6.36. The SMILES string of the molecule is COc1ccc(OC)c(-c2[nH]c3c(Cl)cccc3c2CCCCN)c1. The van der Waals surface area contributed by atoms with Crippen LogP contribution in [0.15, 0.2) is 36.4 Å². The lowest BCUT2D eigenvalue weighted by atomic mass is 9.99. The molecule has 0 saturated carbocycles. The highest BCUT2D eigenvalue weighted by Crippen LogP contribution is 2.40. The van der Waals surface area contributed by atoms with E-state index in [1.807, 2.05) is 30.3 Å². The molecular weight excluding hydrogens is 336 g/mol. The van der Waals surface area contributed by atoms with E-state index in [1.165, 1.54) is 5.56 Å². The van der Waals surface area contributed by atoms with E-state index in [0.717, 1.165) is 52.9 Å². The van der Waals surface area contributed by atoms with E-state index in [0.29, 0.717) is 11.6 Å². The van der Waals surface area contributed by atoms with Gasteiger partial charge in [-0.15, -0.1) is 0 Å². The largest absolute Gasteiger partial charge is 0.497 e. The van der Waals surface area contributed by atoms with E-state index < -0.39 is 0 Å². The van der Waals surface area contributed by atoms with Crippen LogP contribution < -0.4 is 15.2 Å². The van der Waals surface area contributed by atoms with Gasteiger partial charge in [-0.25, -0.2) is 0 Å². The van der Waals surface area contributed by atoms with Gasteiger partial charge in [0, 0.05) is 10.9 Å². The van der Waals surface area contributed by atoms with Gasteiger partial charge in [0.2, 0.25) is 0 Å². The van der Waals surface area contributed by atoms with Gasteiger partial charge in [0.05, 0.1) is 30.5 Å². The summed E-state index contributed by atoms with van der Waals surface area (Å²) < 4.78 is 11.0. The molecule has 0 fully saturated rings. The lowest BCUT2D eigenvalue weighted by Crippen LogP contribution is -1.99. The molecule has 0 saturated heterocycles. The number of unbranched alkanes of at least 4 members (excludes halogenated alkanes) is 1. The number of aryl methyl sites for hydroxylation is 1. The number of halogens is 1. The minimum atomic E-state index is 0.695. The van der Waals surface area contributed by atoms with Crippen LogP contribution in [0.3, 0.4) is 0 Å². The number of hydrogen-bond acceptors (Lipinski definition) is 3. The summed E-state index contributed by atoms with van der Waals surface area (Å²) in [6.45, 7) is 0.695. The number of aromatic nitrogens is 1. The van der Waals surface area contributed by atoms with Crippen molar-refractivity contribution in [1.29, 1.82) is 0 Å². The summed E-state index contributed by atoms with van der Waals surface area (Å²) in [5.41, 5.74) is 9.85. The normalized spacial score (nSPS) is 11.0. The third kappa shape index (κ3) is 3.46. The van der Waals surface area contributed by atoms with Gasteiger partial charge in [-0.05, 0) is 55.6 Å². The predicted molar refractivity (Wildman–Crippen MR) is 104 cm³/mol. The fourth-order valence-corrected chi connectivity index (χ4v) is 3.40. The Morgan fingerprint density at radius 1 is 1.08 bits per heavy atom. The topological polar surface area (TPSA) is 60.3 Å². The second-order valence-electron chi connectivity index (χ2n) is 5.95. The molecule has 1 heterocycles. The van der Waals surface area contributed by atoms with Crippen molar-refractivity contribution in [2.75, 3.05) is 20.8 Å². The van der Waals surface area contributed by atoms with E-state index in [2.05, 4.69) is 11.1 Å². The Balaban J connectivity index is 2.21. The van der Waals surface area contributed by atoms with Crippen LogP contribution in [-0.4, -0.2) is 25.7 Å². The zero-order valence-corrected chi connectivity index (χ0v) is 15.3. The number of aromatic amines is 1. The minimum Gasteiger partial charge on any atom is -0.497 e. The fraction of sp³-hybridized carbons (Fsp3) is 0.300. The predicted octanol–water partition coefficient (Wildman–Crippen LogP) is 4.79. The maximum Gasteiger partial charge on any atom is 0.128 e. The lowest BCUT2D eigenvalue weighted by Gasteiger charge is -2.11. The number of ether oxygens (including phenoxy) is 2. The number of nitrogens with two attached hydrogens (primary N) is 1. The molecule has 0 radical (unpaired) electrons. The van der Waals surface area contributed by atoms with Crippen molar-refractivity contribution in [3.05, 3.63) is 47.0 Å². The Labute approximate surface area is 152 Å². The molecule has 5 heteroatoms. The standard InChI is InChI=1S/C20H23ClN2O2/c1-24-13-9-10-18(25-2)16(12-13)19-14(6-3-4-11-22)15-7-5-8-17(21)20(15)23-19/h5,7-10,12,23H,3-4,6,11,22H2,1-2H3. The highest BCUT2D eigenvalue weighted by atomic mass is 35.5. The Bertz CT molecular complexity index is 874. The summed E-state index contributed by atoms with van der Waals surface area (Å²) in [7, 11) is 3.34. The maximum atomic E-state index is 6.42. The average molecular weight is 359 g/mol. The van der Waals surface area contributed by atoms with Crippen molar-refractivity contribution in [3.8, 4) is 22.8 Å². The minimum absolute atomic E-state index is 0.695. The van der Waals surface area contributed by atoms with Crippen LogP contribution in [0.25, 0.3) is 22.2 Å². The molecule has 2 aromatic carbocycles. The highest BCUT2D eigenvalue weighted by Gasteiger charge is 2.18. The molecule has 3 rings (SSSR count). The van der Waals surface area contributed by atoms with Gasteiger partial charge in [-0.3, -0.25) is 0 Å². The summed E-state index contributed by atoms with van der Waals surface area (Å²) in [5.74, 6) is 1.58. The smallest absolute Gasteiger partial charge is 0.128 e. The molecule has 3 N–H and O–H groups in total. The summed E-state index contributed by atoms with van der Waals surface area (Å²) in [5, 5.41) is 1.86. The zero-order chi connectivity index (χ0) is 17.8. The van der Waals surface area contributed by atoms with Gasteiger partial charge >= 0.3 is 0 Å². The van der Waals surface area contributed by atoms with E-state index >= 15 is 0 Å². The van der Waals surface area contributed by atoms with Crippen molar-refractivity contribution in [1.82, 2.24) is 4.98 Å². The molecule has 0 aliphatic heterocycles. The number of H-pyrrole nitrogens is 1. The number of rotatable bonds is 7. The van der Waals surface area contributed by atoms with Gasteiger partial charge in [0.25, 0.3) is 0 Å². The zero-order valence-electron chi connectivity index (χ0n) is 14.6. The Hall–Kier alpha value is -2.17. The molecule has 25 heavy (non-hydrogen) atoms. The number of para-hydroxylation sites is 1. The second kappa shape index (κ2) is 7.81. The molecule has 0 bridgehead atoms. The fourth-order valence-electron chi connectivity index (χ4n) is 3.18.